The fraction of sp³-hybridized carbons (Fsp3) is 0.182. The number of hydrogen-bond acceptors (Lipinski definition) is 8. The fourth-order valence-electron chi connectivity index (χ4n) is 7.00. The number of fused-ring (bicyclic) bond motifs is 3. The summed E-state index contributed by atoms with van der Waals surface area (Å²) in [6, 6.07) is 46.7. The molecule has 0 unspecified atom stereocenters. The van der Waals surface area contributed by atoms with E-state index < -0.39 is 28.3 Å². The normalized spacial score (nSPS) is 13.2. The van der Waals surface area contributed by atoms with Crippen molar-refractivity contribution in [2.45, 2.75) is 29.7 Å². The molecule has 2 N–H and O–H groups in total. The summed E-state index contributed by atoms with van der Waals surface area (Å²) >= 11 is 2.77. The van der Waals surface area contributed by atoms with Gasteiger partial charge < -0.3 is 20.1 Å². The van der Waals surface area contributed by atoms with Gasteiger partial charge in [-0.15, -0.1) is 23.1 Å². The van der Waals surface area contributed by atoms with E-state index in [0.717, 1.165) is 38.9 Å². The zero-order chi connectivity index (χ0) is 37.5. The summed E-state index contributed by atoms with van der Waals surface area (Å²) in [6.07, 6.45) is -0.577. The molecule has 0 saturated heterocycles. The average Bonchev–Trinajstić information content (AvgIpc) is 3.83. The highest BCUT2D eigenvalue weighted by atomic mass is 32.2. The molecule has 7 rings (SSSR count). The van der Waals surface area contributed by atoms with Gasteiger partial charge in [0.25, 0.3) is 5.91 Å². The average molecular weight is 754 g/mol. The van der Waals surface area contributed by atoms with E-state index in [9.17, 15) is 14.4 Å². The highest BCUT2D eigenvalue weighted by Crippen LogP contribution is 2.49. The molecule has 1 heterocycles. The molecule has 10 heteroatoms. The highest BCUT2D eigenvalue weighted by molar-refractivity contribution is 8.00. The van der Waals surface area contributed by atoms with Gasteiger partial charge in [-0.25, -0.2) is 14.6 Å². The Balaban J connectivity index is 1.03. The van der Waals surface area contributed by atoms with Gasteiger partial charge in [0, 0.05) is 17.1 Å². The number of amides is 2. The molecule has 272 valence electrons. The lowest BCUT2D eigenvalue weighted by atomic mass is 9.84. The van der Waals surface area contributed by atoms with E-state index in [-0.39, 0.29) is 30.5 Å². The van der Waals surface area contributed by atoms with Gasteiger partial charge in [-0.1, -0.05) is 140 Å². The number of hydrogen-bond donors (Lipinski definition) is 2. The number of nitrogens with zero attached hydrogens (tertiary/aromatic N) is 1. The number of alkyl carbamates (subject to hydrolysis) is 1. The van der Waals surface area contributed by atoms with Crippen LogP contribution in [0, 0.1) is 0 Å². The van der Waals surface area contributed by atoms with Crippen molar-refractivity contribution in [1.82, 2.24) is 15.6 Å². The third-order valence-electron chi connectivity index (χ3n) is 9.66. The highest BCUT2D eigenvalue weighted by Gasteiger charge is 2.43. The molecule has 2 amide bonds. The molecule has 54 heavy (non-hydrogen) atoms. The van der Waals surface area contributed by atoms with Gasteiger partial charge in [-0.05, 0) is 45.9 Å². The predicted octanol–water partition coefficient (Wildman–Crippen LogP) is 8.57. The number of methoxy groups -OCH3 is 1. The SMILES string of the molecule is COC(=O)[C@](C)(CSC(c1ccccc1)(c1ccccc1)c1ccccc1)NC(=O)c1csc(CNC(=O)OCC2c3ccccc3-c3ccccc32)n1. The van der Waals surface area contributed by atoms with Gasteiger partial charge in [-0.3, -0.25) is 4.79 Å². The summed E-state index contributed by atoms with van der Waals surface area (Å²) in [7, 11) is 1.31. The lowest BCUT2D eigenvalue weighted by Crippen LogP contribution is -2.55. The van der Waals surface area contributed by atoms with Crippen molar-refractivity contribution in [3.8, 4) is 11.1 Å². The standard InChI is InChI=1S/C44H39N3O5S2/c1-43(41(49)51-2,29-54-44(30-16-6-3-7-17-30,31-18-8-4-9-19-31)32-20-10-5-11-21-32)47-40(48)38-28-53-39(46-38)26-45-42(50)52-27-37-35-24-14-12-22-33(35)34-23-13-15-25-36(34)37/h3-25,28,37H,26-27,29H2,1-2H3,(H,45,50)(H,47,48)/t43-/m0/s1. The molecule has 0 aliphatic heterocycles. The lowest BCUT2D eigenvalue weighted by molar-refractivity contribution is -0.146. The molecule has 1 atom stereocenters. The maximum atomic E-state index is 13.7. The first-order chi connectivity index (χ1) is 26.3. The monoisotopic (exact) mass is 753 g/mol. The first-order valence-electron chi connectivity index (χ1n) is 17.6. The van der Waals surface area contributed by atoms with Crippen molar-refractivity contribution in [1.29, 1.82) is 0 Å². The minimum Gasteiger partial charge on any atom is -0.467 e. The second-order valence-electron chi connectivity index (χ2n) is 13.2. The first kappa shape index (κ1) is 36.6. The van der Waals surface area contributed by atoms with Crippen molar-refractivity contribution in [2.24, 2.45) is 0 Å². The van der Waals surface area contributed by atoms with Crippen LogP contribution in [0.15, 0.2) is 145 Å². The minimum atomic E-state index is -1.43. The number of rotatable bonds is 13. The molecule has 0 spiro atoms. The van der Waals surface area contributed by atoms with E-state index in [4.69, 9.17) is 9.47 Å². The van der Waals surface area contributed by atoms with E-state index in [2.05, 4.69) is 76.3 Å². The minimum absolute atomic E-state index is 0.0566. The number of carbonyl (C=O) groups excluding carboxylic acids is 3. The summed E-state index contributed by atoms with van der Waals surface area (Å²) in [5.41, 5.74) is 6.35. The Labute approximate surface area is 323 Å². The second kappa shape index (κ2) is 16.1. The van der Waals surface area contributed by atoms with Crippen LogP contribution in [0.5, 0.6) is 0 Å². The van der Waals surface area contributed by atoms with Crippen molar-refractivity contribution >= 4 is 41.1 Å². The number of thioether (sulfide) groups is 1. The molecule has 0 saturated carbocycles. The molecule has 0 bridgehead atoms. The summed E-state index contributed by atoms with van der Waals surface area (Å²) in [4.78, 5) is 44.5. The third kappa shape index (κ3) is 7.40. The zero-order valence-corrected chi connectivity index (χ0v) is 31.5. The summed E-state index contributed by atoms with van der Waals surface area (Å²) in [5, 5.41) is 7.81. The molecule has 6 aromatic rings. The zero-order valence-electron chi connectivity index (χ0n) is 29.9. The number of aromatic nitrogens is 1. The van der Waals surface area contributed by atoms with Crippen LogP contribution in [-0.2, 0) is 25.6 Å². The van der Waals surface area contributed by atoms with E-state index >= 15 is 0 Å². The molecule has 1 aliphatic carbocycles. The number of nitrogens with one attached hydrogen (secondary N) is 2. The molecular weight excluding hydrogens is 715 g/mol. The molecular formula is C44H39N3O5S2. The van der Waals surface area contributed by atoms with E-state index in [1.54, 1.807) is 24.1 Å². The first-order valence-corrected chi connectivity index (χ1v) is 19.4. The van der Waals surface area contributed by atoms with Gasteiger partial charge >= 0.3 is 12.1 Å². The Kier molecular flexibility index (Phi) is 10.9. The van der Waals surface area contributed by atoms with Gasteiger partial charge in [0.1, 0.15) is 22.8 Å². The van der Waals surface area contributed by atoms with Crippen LogP contribution in [0.4, 0.5) is 4.79 Å². The third-order valence-corrected chi connectivity index (χ3v) is 12.4. The van der Waals surface area contributed by atoms with Crippen LogP contribution < -0.4 is 10.6 Å². The Morgan fingerprint density at radius 2 is 1.24 bits per heavy atom. The van der Waals surface area contributed by atoms with E-state index in [1.807, 2.05) is 78.9 Å². The molecule has 1 aromatic heterocycles. The Morgan fingerprint density at radius 1 is 0.741 bits per heavy atom. The van der Waals surface area contributed by atoms with Crippen molar-refractivity contribution in [3.63, 3.8) is 0 Å². The molecule has 0 radical (unpaired) electrons. The topological polar surface area (TPSA) is 107 Å². The maximum absolute atomic E-state index is 13.7. The fourth-order valence-corrected chi connectivity index (χ4v) is 9.32. The quantitative estimate of drug-likeness (QED) is 0.0900. The number of carbonyl (C=O) groups is 3. The van der Waals surface area contributed by atoms with Crippen LogP contribution in [0.25, 0.3) is 11.1 Å². The molecule has 5 aromatic carbocycles. The summed E-state index contributed by atoms with van der Waals surface area (Å²) < 4.78 is 10.2. The Bertz CT molecular complexity index is 2100. The van der Waals surface area contributed by atoms with Gasteiger partial charge in [-0.2, -0.15) is 0 Å². The number of thiazole rings is 1. The predicted molar refractivity (Wildman–Crippen MR) is 214 cm³/mol. The van der Waals surface area contributed by atoms with Gasteiger partial charge in [0.15, 0.2) is 0 Å². The van der Waals surface area contributed by atoms with E-state index in [0.29, 0.717) is 5.01 Å². The number of ether oxygens (including phenoxy) is 2. The number of esters is 1. The van der Waals surface area contributed by atoms with Crippen LogP contribution >= 0.6 is 23.1 Å². The van der Waals surface area contributed by atoms with Gasteiger partial charge in [0.05, 0.1) is 18.4 Å². The number of benzene rings is 5. The maximum Gasteiger partial charge on any atom is 0.407 e. The molecule has 0 fully saturated rings. The van der Waals surface area contributed by atoms with Gasteiger partial charge in [0.2, 0.25) is 0 Å². The summed E-state index contributed by atoms with van der Waals surface area (Å²) in [5.74, 6) is -1.00. The van der Waals surface area contributed by atoms with Crippen molar-refractivity contribution in [2.75, 3.05) is 19.5 Å². The van der Waals surface area contributed by atoms with Crippen molar-refractivity contribution in [3.05, 3.63) is 183 Å². The van der Waals surface area contributed by atoms with Crippen LogP contribution in [0.3, 0.4) is 0 Å². The summed E-state index contributed by atoms with van der Waals surface area (Å²) in [6.45, 7) is 1.93. The van der Waals surface area contributed by atoms with Crippen LogP contribution in [0.2, 0.25) is 0 Å². The van der Waals surface area contributed by atoms with Crippen molar-refractivity contribution < 1.29 is 23.9 Å². The van der Waals surface area contributed by atoms with Crippen LogP contribution in [-0.4, -0.2) is 48.0 Å². The molecule has 1 aliphatic rings. The Hall–Kier alpha value is -5.71. The smallest absolute Gasteiger partial charge is 0.407 e. The van der Waals surface area contributed by atoms with E-state index in [1.165, 1.54) is 18.4 Å². The lowest BCUT2D eigenvalue weighted by Gasteiger charge is -2.38. The Morgan fingerprint density at radius 3 is 1.76 bits per heavy atom. The molecule has 8 nitrogen and oxygen atoms in total. The second-order valence-corrected chi connectivity index (χ2v) is 15.3. The largest absolute Gasteiger partial charge is 0.467 e. The van der Waals surface area contributed by atoms with Crippen LogP contribution in [0.1, 0.15) is 56.2 Å².